The van der Waals surface area contributed by atoms with Gasteiger partial charge in [0.1, 0.15) is 0 Å². The largest absolute Gasteiger partial charge is 0.0843 e. The Morgan fingerprint density at radius 2 is 1.26 bits per heavy atom. The van der Waals surface area contributed by atoms with Crippen molar-refractivity contribution in [2.24, 2.45) is 11.8 Å². The zero-order valence-corrected chi connectivity index (χ0v) is 12.6. The molecule has 1 atom stereocenters. The molecule has 0 aliphatic carbocycles. The van der Waals surface area contributed by atoms with Crippen LogP contribution in [0.5, 0.6) is 0 Å². The Morgan fingerprint density at radius 1 is 0.789 bits per heavy atom. The fourth-order valence-electron chi connectivity index (χ4n) is 2.08. The second-order valence-electron chi connectivity index (χ2n) is 5.63. The zero-order valence-electron chi connectivity index (χ0n) is 11.9. The van der Waals surface area contributed by atoms with Gasteiger partial charge in [-0.05, 0) is 47.1 Å². The molecule has 0 radical (unpaired) electrons. The first kappa shape index (κ1) is 14.1. The number of rotatable bonds is 4. The first-order valence-corrected chi connectivity index (χ1v) is 7.29. The average Bonchev–Trinajstić information content (AvgIpc) is 2.40. The maximum Gasteiger partial charge on any atom is 0.0406 e. The third-order valence-electron chi connectivity index (χ3n) is 3.83. The van der Waals surface area contributed by atoms with Gasteiger partial charge in [0.05, 0.1) is 0 Å². The normalized spacial score (nSPS) is 12.7. The van der Waals surface area contributed by atoms with E-state index >= 15 is 0 Å². The fourth-order valence-corrected chi connectivity index (χ4v) is 2.21. The number of hydrogen-bond donors (Lipinski definition) is 0. The smallest absolute Gasteiger partial charge is 0.0406 e. The molecule has 2 aromatic carbocycles. The van der Waals surface area contributed by atoms with Crippen LogP contribution in [0, 0.1) is 11.8 Å². The lowest BCUT2D eigenvalue weighted by atomic mass is 9.90. The minimum Gasteiger partial charge on any atom is -0.0843 e. The average molecular weight is 273 g/mol. The maximum absolute atomic E-state index is 5.91. The van der Waals surface area contributed by atoms with E-state index in [0.29, 0.717) is 0 Å². The monoisotopic (exact) mass is 272 g/mol. The van der Waals surface area contributed by atoms with Gasteiger partial charge < -0.3 is 0 Å². The SMILES string of the molecule is CC(C)C(C)Cc1ccc(-c2ccc(Cl)cc2)cc1. The van der Waals surface area contributed by atoms with E-state index in [4.69, 9.17) is 11.6 Å². The summed E-state index contributed by atoms with van der Waals surface area (Å²) in [6.45, 7) is 6.89. The molecular weight excluding hydrogens is 252 g/mol. The first-order valence-electron chi connectivity index (χ1n) is 6.91. The Balaban J connectivity index is 2.12. The van der Waals surface area contributed by atoms with Crippen LogP contribution in [-0.2, 0) is 6.42 Å². The van der Waals surface area contributed by atoms with Crippen molar-refractivity contribution in [1.82, 2.24) is 0 Å². The van der Waals surface area contributed by atoms with E-state index in [9.17, 15) is 0 Å². The van der Waals surface area contributed by atoms with Crippen LogP contribution in [0.3, 0.4) is 0 Å². The lowest BCUT2D eigenvalue weighted by Crippen LogP contribution is -2.07. The highest BCUT2D eigenvalue weighted by molar-refractivity contribution is 6.30. The highest BCUT2D eigenvalue weighted by Crippen LogP contribution is 2.23. The van der Waals surface area contributed by atoms with Crippen LogP contribution in [0.4, 0.5) is 0 Å². The lowest BCUT2D eigenvalue weighted by molar-refractivity contribution is 0.417. The van der Waals surface area contributed by atoms with Crippen molar-refractivity contribution in [2.45, 2.75) is 27.2 Å². The molecule has 1 unspecified atom stereocenters. The van der Waals surface area contributed by atoms with Crippen LogP contribution in [0.1, 0.15) is 26.3 Å². The minimum absolute atomic E-state index is 0.724. The molecule has 0 fully saturated rings. The molecule has 0 saturated heterocycles. The predicted molar refractivity (Wildman–Crippen MR) is 84.6 cm³/mol. The number of halogens is 1. The van der Waals surface area contributed by atoms with E-state index in [1.165, 1.54) is 16.7 Å². The summed E-state index contributed by atoms with van der Waals surface area (Å²) in [5.74, 6) is 1.46. The van der Waals surface area contributed by atoms with E-state index < -0.39 is 0 Å². The van der Waals surface area contributed by atoms with Crippen LogP contribution in [-0.4, -0.2) is 0 Å². The summed E-state index contributed by atoms with van der Waals surface area (Å²) in [6.07, 6.45) is 1.15. The lowest BCUT2D eigenvalue weighted by Gasteiger charge is -2.15. The fraction of sp³-hybridized carbons (Fsp3) is 0.333. The third-order valence-corrected chi connectivity index (χ3v) is 4.08. The number of hydrogen-bond acceptors (Lipinski definition) is 0. The highest BCUT2D eigenvalue weighted by atomic mass is 35.5. The first-order chi connectivity index (χ1) is 9.06. The topological polar surface area (TPSA) is 0 Å². The summed E-state index contributed by atoms with van der Waals surface area (Å²) in [7, 11) is 0. The van der Waals surface area contributed by atoms with E-state index in [-0.39, 0.29) is 0 Å². The summed E-state index contributed by atoms with van der Waals surface area (Å²) < 4.78 is 0. The van der Waals surface area contributed by atoms with Crippen LogP contribution < -0.4 is 0 Å². The van der Waals surface area contributed by atoms with Crippen LogP contribution in [0.25, 0.3) is 11.1 Å². The van der Waals surface area contributed by atoms with Crippen molar-refractivity contribution in [1.29, 1.82) is 0 Å². The van der Waals surface area contributed by atoms with Crippen molar-refractivity contribution >= 4 is 11.6 Å². The molecule has 0 nitrogen and oxygen atoms in total. The quantitative estimate of drug-likeness (QED) is 0.656. The Labute approximate surface area is 121 Å². The van der Waals surface area contributed by atoms with Crippen molar-refractivity contribution in [3.05, 3.63) is 59.1 Å². The molecule has 100 valence electrons. The molecule has 0 spiro atoms. The molecular formula is C18H21Cl. The number of benzene rings is 2. The summed E-state index contributed by atoms with van der Waals surface area (Å²) >= 11 is 5.91. The van der Waals surface area contributed by atoms with Gasteiger partial charge in [0.2, 0.25) is 0 Å². The van der Waals surface area contributed by atoms with Crippen LogP contribution in [0.2, 0.25) is 5.02 Å². The van der Waals surface area contributed by atoms with Crippen molar-refractivity contribution < 1.29 is 0 Å². The Hall–Kier alpha value is -1.27. The van der Waals surface area contributed by atoms with Gasteiger partial charge in [-0.3, -0.25) is 0 Å². The van der Waals surface area contributed by atoms with Gasteiger partial charge in [-0.1, -0.05) is 68.8 Å². The minimum atomic E-state index is 0.724. The van der Waals surface area contributed by atoms with Gasteiger partial charge in [-0.25, -0.2) is 0 Å². The van der Waals surface area contributed by atoms with Gasteiger partial charge in [0.15, 0.2) is 0 Å². The molecule has 0 N–H and O–H groups in total. The molecule has 0 saturated carbocycles. The Kier molecular flexibility index (Phi) is 4.66. The van der Waals surface area contributed by atoms with Crippen LogP contribution >= 0.6 is 11.6 Å². The maximum atomic E-state index is 5.91. The van der Waals surface area contributed by atoms with Crippen LogP contribution in [0.15, 0.2) is 48.5 Å². The molecule has 2 aromatic rings. The van der Waals surface area contributed by atoms with Crippen molar-refractivity contribution in [2.75, 3.05) is 0 Å². The Morgan fingerprint density at radius 3 is 1.74 bits per heavy atom. The van der Waals surface area contributed by atoms with E-state index in [1.807, 2.05) is 12.1 Å². The molecule has 0 heterocycles. The standard InChI is InChI=1S/C18H21Cl/c1-13(2)14(3)12-15-4-6-16(7-5-15)17-8-10-18(19)11-9-17/h4-11,13-14H,12H2,1-3H3. The summed E-state index contributed by atoms with van der Waals surface area (Å²) in [5, 5.41) is 0.783. The molecule has 0 amide bonds. The summed E-state index contributed by atoms with van der Waals surface area (Å²) in [5.41, 5.74) is 3.88. The van der Waals surface area contributed by atoms with Gasteiger partial charge in [-0.2, -0.15) is 0 Å². The van der Waals surface area contributed by atoms with Gasteiger partial charge in [0.25, 0.3) is 0 Å². The molecule has 0 aromatic heterocycles. The Bertz CT molecular complexity index is 508. The molecule has 19 heavy (non-hydrogen) atoms. The predicted octanol–water partition coefficient (Wildman–Crippen LogP) is 5.84. The van der Waals surface area contributed by atoms with Gasteiger partial charge >= 0.3 is 0 Å². The molecule has 0 bridgehead atoms. The van der Waals surface area contributed by atoms with Gasteiger partial charge in [-0.15, -0.1) is 0 Å². The van der Waals surface area contributed by atoms with E-state index in [2.05, 4.69) is 57.2 Å². The molecule has 1 heteroatoms. The van der Waals surface area contributed by atoms with Crippen molar-refractivity contribution in [3.8, 4) is 11.1 Å². The highest BCUT2D eigenvalue weighted by Gasteiger charge is 2.08. The molecule has 2 rings (SSSR count). The zero-order chi connectivity index (χ0) is 13.8. The summed E-state index contributed by atoms with van der Waals surface area (Å²) in [4.78, 5) is 0. The van der Waals surface area contributed by atoms with E-state index in [0.717, 1.165) is 23.3 Å². The summed E-state index contributed by atoms with van der Waals surface area (Å²) in [6, 6.07) is 16.9. The third kappa shape index (κ3) is 3.84. The second kappa shape index (κ2) is 6.25. The molecule has 0 aliphatic rings. The second-order valence-corrected chi connectivity index (χ2v) is 6.07. The van der Waals surface area contributed by atoms with Gasteiger partial charge in [0, 0.05) is 5.02 Å². The van der Waals surface area contributed by atoms with E-state index in [1.54, 1.807) is 0 Å². The molecule has 0 aliphatic heterocycles. The van der Waals surface area contributed by atoms with Crippen molar-refractivity contribution in [3.63, 3.8) is 0 Å².